The summed E-state index contributed by atoms with van der Waals surface area (Å²) < 4.78 is 20.2. The SMILES string of the molecule is CN(Cc1ccccc1)C(=O)CC1(COc2ccc(F)cc2)CCN(C(=O)c2ccccc2Br)CC1. The molecule has 188 valence electrons. The molecule has 1 fully saturated rings. The van der Waals surface area contributed by atoms with Crippen LogP contribution in [0.2, 0.25) is 0 Å². The number of likely N-dealkylation sites (tertiary alicyclic amines) is 1. The Morgan fingerprint density at radius 2 is 1.61 bits per heavy atom. The maximum atomic E-state index is 13.3. The summed E-state index contributed by atoms with van der Waals surface area (Å²) >= 11 is 3.47. The van der Waals surface area contributed by atoms with Gasteiger partial charge in [0.1, 0.15) is 11.6 Å². The van der Waals surface area contributed by atoms with Crippen molar-refractivity contribution in [3.8, 4) is 5.75 Å². The average Bonchev–Trinajstić information content (AvgIpc) is 2.89. The molecule has 0 N–H and O–H groups in total. The van der Waals surface area contributed by atoms with E-state index in [-0.39, 0.29) is 17.6 Å². The molecule has 1 aliphatic heterocycles. The Morgan fingerprint density at radius 3 is 2.28 bits per heavy atom. The van der Waals surface area contributed by atoms with Crippen LogP contribution in [-0.2, 0) is 11.3 Å². The second-order valence-electron chi connectivity index (χ2n) is 9.43. The summed E-state index contributed by atoms with van der Waals surface area (Å²) in [5, 5.41) is 0. The van der Waals surface area contributed by atoms with Crippen molar-refractivity contribution in [2.75, 3.05) is 26.7 Å². The van der Waals surface area contributed by atoms with Gasteiger partial charge in [-0.2, -0.15) is 0 Å². The Bertz CT molecular complexity index is 1180. The Balaban J connectivity index is 1.46. The van der Waals surface area contributed by atoms with Gasteiger partial charge >= 0.3 is 0 Å². The van der Waals surface area contributed by atoms with Gasteiger partial charge in [0, 0.05) is 43.0 Å². The molecule has 0 unspecified atom stereocenters. The van der Waals surface area contributed by atoms with Gasteiger partial charge in [0.2, 0.25) is 5.91 Å². The fourth-order valence-electron chi connectivity index (χ4n) is 4.53. The van der Waals surface area contributed by atoms with Gasteiger partial charge in [0.25, 0.3) is 5.91 Å². The molecule has 1 aliphatic rings. The van der Waals surface area contributed by atoms with Gasteiger partial charge < -0.3 is 14.5 Å². The zero-order valence-electron chi connectivity index (χ0n) is 20.3. The molecule has 4 rings (SSSR count). The van der Waals surface area contributed by atoms with Gasteiger partial charge in [-0.25, -0.2) is 4.39 Å². The monoisotopic (exact) mass is 552 g/mol. The van der Waals surface area contributed by atoms with Gasteiger partial charge in [0.05, 0.1) is 12.2 Å². The van der Waals surface area contributed by atoms with Gasteiger partial charge in [-0.15, -0.1) is 0 Å². The van der Waals surface area contributed by atoms with Crippen molar-refractivity contribution in [3.05, 3.63) is 100 Å². The van der Waals surface area contributed by atoms with Crippen molar-refractivity contribution in [1.82, 2.24) is 9.80 Å². The third kappa shape index (κ3) is 6.52. The first-order valence-electron chi connectivity index (χ1n) is 12.1. The lowest BCUT2D eigenvalue weighted by atomic mass is 9.75. The smallest absolute Gasteiger partial charge is 0.254 e. The largest absolute Gasteiger partial charge is 0.493 e. The third-order valence-electron chi connectivity index (χ3n) is 6.79. The number of rotatable bonds is 8. The average molecular weight is 553 g/mol. The van der Waals surface area contributed by atoms with Crippen molar-refractivity contribution in [2.24, 2.45) is 5.41 Å². The summed E-state index contributed by atoms with van der Waals surface area (Å²) in [6.07, 6.45) is 1.58. The molecule has 0 saturated carbocycles. The van der Waals surface area contributed by atoms with Gasteiger partial charge in [-0.3, -0.25) is 9.59 Å². The first-order valence-corrected chi connectivity index (χ1v) is 12.8. The molecule has 0 bridgehead atoms. The van der Waals surface area contributed by atoms with Crippen molar-refractivity contribution >= 4 is 27.7 Å². The highest BCUT2D eigenvalue weighted by Crippen LogP contribution is 2.37. The maximum absolute atomic E-state index is 13.3. The molecule has 7 heteroatoms. The molecule has 0 atom stereocenters. The van der Waals surface area contributed by atoms with Crippen molar-refractivity contribution in [3.63, 3.8) is 0 Å². The van der Waals surface area contributed by atoms with Gasteiger partial charge in [0.15, 0.2) is 0 Å². The van der Waals surface area contributed by atoms with Gasteiger partial charge in [-0.1, -0.05) is 42.5 Å². The topological polar surface area (TPSA) is 49.9 Å². The highest BCUT2D eigenvalue weighted by Gasteiger charge is 2.39. The molecule has 3 aromatic carbocycles. The first kappa shape index (κ1) is 25.9. The van der Waals surface area contributed by atoms with E-state index in [9.17, 15) is 14.0 Å². The second kappa shape index (κ2) is 11.7. The van der Waals surface area contributed by atoms with E-state index < -0.39 is 5.41 Å². The van der Waals surface area contributed by atoms with E-state index in [0.717, 1.165) is 10.0 Å². The normalized spacial score (nSPS) is 14.8. The molecular formula is C29H30BrFN2O3. The van der Waals surface area contributed by atoms with Crippen LogP contribution in [0.3, 0.4) is 0 Å². The number of nitrogens with zero attached hydrogens (tertiary/aromatic N) is 2. The van der Waals surface area contributed by atoms with Crippen LogP contribution < -0.4 is 4.74 Å². The summed E-state index contributed by atoms with van der Waals surface area (Å²) in [5.41, 5.74) is 1.27. The third-order valence-corrected chi connectivity index (χ3v) is 7.48. The van der Waals surface area contributed by atoms with E-state index in [1.807, 2.05) is 66.5 Å². The fraction of sp³-hybridized carbons (Fsp3) is 0.310. The number of hydrogen-bond acceptors (Lipinski definition) is 3. The van der Waals surface area contributed by atoms with Crippen LogP contribution in [0.25, 0.3) is 0 Å². The number of carbonyl (C=O) groups is 2. The minimum absolute atomic E-state index is 0.0250. The van der Waals surface area contributed by atoms with Crippen molar-refractivity contribution in [2.45, 2.75) is 25.8 Å². The highest BCUT2D eigenvalue weighted by molar-refractivity contribution is 9.10. The molecule has 1 heterocycles. The summed E-state index contributed by atoms with van der Waals surface area (Å²) in [5.74, 6) is 0.247. The van der Waals surface area contributed by atoms with Crippen LogP contribution in [-0.4, -0.2) is 48.4 Å². The van der Waals surface area contributed by atoms with Crippen LogP contribution >= 0.6 is 15.9 Å². The van der Waals surface area contributed by atoms with E-state index in [1.54, 1.807) is 17.0 Å². The van der Waals surface area contributed by atoms with E-state index in [4.69, 9.17) is 4.74 Å². The molecule has 0 aromatic heterocycles. The number of carbonyl (C=O) groups excluding carboxylic acids is 2. The zero-order chi connectivity index (χ0) is 25.5. The number of benzene rings is 3. The quantitative estimate of drug-likeness (QED) is 0.347. The summed E-state index contributed by atoms with van der Waals surface area (Å²) in [4.78, 5) is 30.0. The maximum Gasteiger partial charge on any atom is 0.254 e. The Morgan fingerprint density at radius 1 is 0.972 bits per heavy atom. The molecular weight excluding hydrogens is 523 g/mol. The Kier molecular flexibility index (Phi) is 8.41. The number of halogens is 2. The minimum atomic E-state index is -0.429. The minimum Gasteiger partial charge on any atom is -0.493 e. The van der Waals surface area contributed by atoms with E-state index in [0.29, 0.717) is 56.8 Å². The van der Waals surface area contributed by atoms with Crippen molar-refractivity contribution < 1.29 is 18.7 Å². The molecule has 2 amide bonds. The molecule has 0 aliphatic carbocycles. The summed E-state index contributed by atoms with van der Waals surface area (Å²) in [6, 6.07) is 23.2. The molecule has 0 spiro atoms. The van der Waals surface area contributed by atoms with Crippen LogP contribution in [0.1, 0.15) is 35.2 Å². The Hall–Kier alpha value is -3.19. The zero-order valence-corrected chi connectivity index (χ0v) is 21.9. The summed E-state index contributed by atoms with van der Waals surface area (Å²) in [6.45, 7) is 1.91. The highest BCUT2D eigenvalue weighted by atomic mass is 79.9. The molecule has 3 aromatic rings. The van der Waals surface area contributed by atoms with Crippen LogP contribution in [0.4, 0.5) is 4.39 Å². The van der Waals surface area contributed by atoms with E-state index in [2.05, 4.69) is 15.9 Å². The van der Waals surface area contributed by atoms with Crippen LogP contribution in [0, 0.1) is 11.2 Å². The standard InChI is InChI=1S/C29H30BrFN2O3/c1-32(20-22-7-3-2-4-8-22)27(34)19-29(21-36-24-13-11-23(31)12-14-24)15-17-33(18-16-29)28(35)25-9-5-6-10-26(25)30/h2-14H,15-21H2,1H3. The molecule has 36 heavy (non-hydrogen) atoms. The summed E-state index contributed by atoms with van der Waals surface area (Å²) in [7, 11) is 1.81. The molecule has 5 nitrogen and oxygen atoms in total. The van der Waals surface area contributed by atoms with Crippen LogP contribution in [0.15, 0.2) is 83.3 Å². The second-order valence-corrected chi connectivity index (χ2v) is 10.3. The number of piperidine rings is 1. The Labute approximate surface area is 220 Å². The van der Waals surface area contributed by atoms with Crippen LogP contribution in [0.5, 0.6) is 5.75 Å². The first-order chi connectivity index (χ1) is 17.3. The number of hydrogen-bond donors (Lipinski definition) is 0. The number of ether oxygens (including phenoxy) is 1. The van der Waals surface area contributed by atoms with E-state index >= 15 is 0 Å². The van der Waals surface area contributed by atoms with E-state index in [1.165, 1.54) is 12.1 Å². The predicted molar refractivity (Wildman–Crippen MR) is 141 cm³/mol. The fourth-order valence-corrected chi connectivity index (χ4v) is 4.98. The van der Waals surface area contributed by atoms with Crippen molar-refractivity contribution in [1.29, 1.82) is 0 Å². The lowest BCUT2D eigenvalue weighted by Gasteiger charge is -2.42. The number of amides is 2. The van der Waals surface area contributed by atoms with Gasteiger partial charge in [-0.05, 0) is 70.7 Å². The lowest BCUT2D eigenvalue weighted by Crippen LogP contribution is -2.47. The molecule has 0 radical (unpaired) electrons. The predicted octanol–water partition coefficient (Wildman–Crippen LogP) is 5.94. The lowest BCUT2D eigenvalue weighted by molar-refractivity contribution is -0.134. The molecule has 1 saturated heterocycles.